The lowest BCUT2D eigenvalue weighted by atomic mass is 10.4. The smallest absolute Gasteiger partial charge is 0.321 e. The van der Waals surface area contributed by atoms with Crippen LogP contribution in [0.3, 0.4) is 0 Å². The van der Waals surface area contributed by atoms with E-state index in [2.05, 4.69) is 5.11 Å². The second-order valence-corrected chi connectivity index (χ2v) is 3.48. The summed E-state index contributed by atoms with van der Waals surface area (Å²) < 4.78 is 6.27. The van der Waals surface area contributed by atoms with Crippen LogP contribution in [0.15, 0.2) is 0 Å². The van der Waals surface area contributed by atoms with E-state index in [0.29, 0.717) is 0 Å². The Labute approximate surface area is 80.8 Å². The van der Waals surface area contributed by atoms with Gasteiger partial charge in [-0.25, -0.2) is 0 Å². The van der Waals surface area contributed by atoms with Crippen LogP contribution in [0.1, 0.15) is 0 Å². The first-order valence-electron chi connectivity index (χ1n) is 3.88. The molecule has 0 unspecified atom stereocenters. The van der Waals surface area contributed by atoms with Crippen LogP contribution in [0.4, 0.5) is 0 Å². The molecule has 76 valence electrons. The summed E-state index contributed by atoms with van der Waals surface area (Å²) in [7, 11) is 0. The fourth-order valence-corrected chi connectivity index (χ4v) is 1.38. The maximum absolute atomic E-state index is 10.6. The summed E-state index contributed by atoms with van der Waals surface area (Å²) in [5.41, 5.74) is 10.5. The molecular formula is C6H12N2O4S. The van der Waals surface area contributed by atoms with Gasteiger partial charge in [0.15, 0.2) is 0 Å². The Hall–Kier alpha value is -0.790. The average molecular weight is 209 g/mol. The Kier molecular flexibility index (Phi) is 4.58. The maximum Gasteiger partial charge on any atom is 0.321 e. The Morgan fingerprint density at radius 2 is 1.77 bits per heavy atom. The molecule has 13 heavy (non-hydrogen) atoms. The zero-order valence-electron chi connectivity index (χ0n) is 7.80. The second-order valence-electron chi connectivity index (χ2n) is 2.41. The van der Waals surface area contributed by atoms with Crippen molar-refractivity contribution in [2.45, 2.75) is 12.1 Å². The van der Waals surface area contributed by atoms with Gasteiger partial charge in [-0.3, -0.25) is 9.59 Å². The molecule has 6 N–H and O–H groups in total. The van der Waals surface area contributed by atoms with Gasteiger partial charge in [-0.05, 0) is 0 Å². The van der Waals surface area contributed by atoms with E-state index in [1.54, 1.807) is 0 Å². The third-order valence-corrected chi connectivity index (χ3v) is 2.40. The molecule has 0 spiro atoms. The lowest BCUT2D eigenvalue weighted by molar-refractivity contribution is -0.138. The van der Waals surface area contributed by atoms with E-state index in [9.17, 15) is 9.59 Å². The molecule has 0 aliphatic carbocycles. The van der Waals surface area contributed by atoms with Gasteiger partial charge in [0.1, 0.15) is 12.1 Å². The number of nitrogens with two attached hydrogens (primary N) is 2. The lowest BCUT2D eigenvalue weighted by Crippen LogP contribution is -2.36. The second kappa shape index (κ2) is 5.79. The molecule has 0 aliphatic heterocycles. The number of hydrogen-bond acceptors (Lipinski definition) is 6. The molecule has 0 aromatic rings. The molecule has 0 rings (SSSR count). The lowest BCUT2D eigenvalue weighted by Gasteiger charge is -2.07. The first kappa shape index (κ1) is 10.3. The average Bonchev–Trinajstić information content (AvgIpc) is 2.15. The van der Waals surface area contributed by atoms with Gasteiger partial charge in [-0.1, -0.05) is 0 Å². The van der Waals surface area contributed by atoms with Crippen LogP contribution in [0, 0.1) is 0 Å². The van der Waals surface area contributed by atoms with Crippen LogP contribution in [0.25, 0.3) is 1.43 Å². The molecule has 0 heterocycles. The quantitative estimate of drug-likeness (QED) is 0.421. The highest BCUT2D eigenvalue weighted by Crippen LogP contribution is 2.03. The Balaban J connectivity index is 3.64. The number of carboxylic acids is 2. The molecular weight excluding hydrogens is 196 g/mol. The minimum Gasteiger partial charge on any atom is -0.480 e. The third kappa shape index (κ3) is 5.45. The monoisotopic (exact) mass is 209 g/mol. The summed E-state index contributed by atoms with van der Waals surface area (Å²) in [5, 5.41) is 12.1. The molecule has 0 saturated carbocycles. The Morgan fingerprint density at radius 1 is 1.31 bits per heavy atom. The highest BCUT2D eigenvalue weighted by molar-refractivity contribution is 7.99. The molecule has 0 aromatic carbocycles. The van der Waals surface area contributed by atoms with E-state index in [4.69, 9.17) is 18.0 Å². The van der Waals surface area contributed by atoms with E-state index in [1.165, 1.54) is 0 Å². The van der Waals surface area contributed by atoms with Crippen molar-refractivity contribution in [1.82, 2.24) is 0 Å². The molecule has 7 heteroatoms. The molecule has 0 saturated heterocycles. The molecule has 0 aliphatic rings. The van der Waals surface area contributed by atoms with Crippen LogP contribution in [0.5, 0.6) is 0 Å². The van der Waals surface area contributed by atoms with E-state index in [1.807, 2.05) is 0 Å². The molecule has 6 nitrogen and oxygen atoms in total. The van der Waals surface area contributed by atoms with Gasteiger partial charge >= 0.3 is 11.9 Å². The summed E-state index contributed by atoms with van der Waals surface area (Å²) >= 11 is 1.13. The van der Waals surface area contributed by atoms with E-state index in [-0.39, 0.29) is 11.5 Å². The Morgan fingerprint density at radius 3 is 2.15 bits per heavy atom. The van der Waals surface area contributed by atoms with Crippen molar-refractivity contribution in [1.29, 1.82) is 1.43 Å². The normalized spacial score (nSPS) is 15.7. The van der Waals surface area contributed by atoms with Gasteiger partial charge in [0.25, 0.3) is 1.43 Å². The van der Waals surface area contributed by atoms with Crippen LogP contribution in [0.2, 0.25) is 0 Å². The van der Waals surface area contributed by atoms with Gasteiger partial charge in [0.2, 0.25) is 0 Å². The van der Waals surface area contributed by atoms with E-state index < -0.39 is 24.0 Å². The van der Waals surface area contributed by atoms with Crippen molar-refractivity contribution >= 4 is 23.7 Å². The highest BCUT2D eigenvalue weighted by Gasteiger charge is 2.15. The first-order chi connectivity index (χ1) is 6.49. The minimum absolute atomic E-state index is 0.161. The van der Waals surface area contributed by atoms with Crippen molar-refractivity contribution in [3.63, 3.8) is 0 Å². The van der Waals surface area contributed by atoms with Gasteiger partial charge < -0.3 is 21.7 Å². The van der Waals surface area contributed by atoms with Crippen LogP contribution in [-0.2, 0) is 9.59 Å². The van der Waals surface area contributed by atoms with Crippen LogP contribution in [-0.4, -0.2) is 45.7 Å². The van der Waals surface area contributed by atoms with Crippen molar-refractivity contribution in [2.75, 3.05) is 11.5 Å². The Bertz CT molecular complexity index is 216. The number of hydrogen-bond donors (Lipinski definition) is 4. The molecule has 0 radical (unpaired) electrons. The summed E-state index contributed by atoms with van der Waals surface area (Å²) in [6, 6.07) is -1.89. The van der Waals surface area contributed by atoms with E-state index >= 15 is 0 Å². The topological polar surface area (TPSA) is 127 Å². The molecule has 0 bridgehead atoms. The van der Waals surface area contributed by atoms with Crippen molar-refractivity contribution in [3.05, 3.63) is 0 Å². The zero-order valence-corrected chi connectivity index (χ0v) is 7.62. The summed E-state index contributed by atoms with van der Waals surface area (Å²) in [5.74, 6) is -1.61. The van der Waals surface area contributed by atoms with Crippen LogP contribution >= 0.6 is 11.8 Å². The number of rotatable bonds is 6. The number of thioether (sulfide) groups is 1. The molecule has 0 amide bonds. The van der Waals surface area contributed by atoms with Gasteiger partial charge in [-0.15, -0.1) is 0 Å². The largest absolute Gasteiger partial charge is 0.480 e. The van der Waals surface area contributed by atoms with Gasteiger partial charge in [0.05, 0.1) is 0 Å². The van der Waals surface area contributed by atoms with E-state index in [0.717, 1.165) is 11.8 Å². The number of aliphatic carboxylic acids is 2. The van der Waals surface area contributed by atoms with Crippen LogP contribution < -0.4 is 11.5 Å². The fourth-order valence-electron chi connectivity index (χ4n) is 0.461. The number of carboxylic acid groups (broad SMARTS) is 2. The highest BCUT2D eigenvalue weighted by atomic mass is 32.2. The summed E-state index contributed by atoms with van der Waals surface area (Å²) in [4.78, 5) is 20.9. The number of carbonyl (C=O) groups is 2. The minimum atomic E-state index is -1.10. The zero-order chi connectivity index (χ0) is 11.1. The maximum atomic E-state index is 10.6. The van der Waals surface area contributed by atoms with Crippen molar-refractivity contribution < 1.29 is 19.8 Å². The standard InChI is InChI=1S/C6H12N2O4S/c7-3(5(9)10)1-13-2-4(8)6(11)12/h3-4H,1-2,7-8H2,(H,9,10)(H,11,12)/t3-,4-/m0/s1/i/hD. The SMILES string of the molecule is [2H]OC(=O)[C@@H](N)CSC[C@H](N)C(=O)O. The summed E-state index contributed by atoms with van der Waals surface area (Å²) in [6.45, 7) is 0. The summed E-state index contributed by atoms with van der Waals surface area (Å²) in [6.07, 6.45) is 0. The third-order valence-electron chi connectivity index (χ3n) is 1.21. The van der Waals surface area contributed by atoms with Crippen molar-refractivity contribution in [2.24, 2.45) is 11.5 Å². The molecule has 0 fully saturated rings. The fraction of sp³-hybridized carbons (Fsp3) is 0.667. The molecule has 2 atom stereocenters. The first-order valence-corrected chi connectivity index (χ1v) is 4.63. The van der Waals surface area contributed by atoms with Crippen molar-refractivity contribution in [3.8, 4) is 0 Å². The molecule has 0 aromatic heterocycles. The van der Waals surface area contributed by atoms with Gasteiger partial charge in [-0.2, -0.15) is 11.8 Å². The predicted octanol–water partition coefficient (Wildman–Crippen LogP) is -1.46. The van der Waals surface area contributed by atoms with Gasteiger partial charge in [0, 0.05) is 11.5 Å². The predicted molar refractivity (Wildman–Crippen MR) is 48.5 cm³/mol.